The Bertz CT molecular complexity index is 498. The first-order chi connectivity index (χ1) is 10.1. The third kappa shape index (κ3) is 4.21. The summed E-state index contributed by atoms with van der Waals surface area (Å²) >= 11 is 5.95. The summed E-state index contributed by atoms with van der Waals surface area (Å²) in [5, 5.41) is 7.18. The van der Waals surface area contributed by atoms with Crippen molar-refractivity contribution in [2.75, 3.05) is 13.1 Å². The fourth-order valence-corrected chi connectivity index (χ4v) is 2.99. The first-order valence-electron chi connectivity index (χ1n) is 7.89. The molecule has 3 atom stereocenters. The molecular formula is C17H23ClN2O. The number of hydrogen-bond acceptors (Lipinski definition) is 2. The van der Waals surface area contributed by atoms with Crippen LogP contribution < -0.4 is 10.6 Å². The summed E-state index contributed by atoms with van der Waals surface area (Å²) in [6.45, 7) is 3.63. The summed E-state index contributed by atoms with van der Waals surface area (Å²) in [5.41, 5.74) is 1.16. The van der Waals surface area contributed by atoms with Crippen LogP contribution in [-0.2, 0) is 4.79 Å². The molecule has 2 aliphatic carbocycles. The van der Waals surface area contributed by atoms with Gasteiger partial charge in [-0.25, -0.2) is 0 Å². The van der Waals surface area contributed by atoms with Gasteiger partial charge in [-0.05, 0) is 61.3 Å². The van der Waals surface area contributed by atoms with E-state index in [0.29, 0.717) is 18.4 Å². The maximum absolute atomic E-state index is 12.1. The number of hydrogen-bond donors (Lipinski definition) is 2. The van der Waals surface area contributed by atoms with Gasteiger partial charge in [0.1, 0.15) is 0 Å². The molecule has 3 unspecified atom stereocenters. The Morgan fingerprint density at radius 3 is 2.57 bits per heavy atom. The van der Waals surface area contributed by atoms with Crippen molar-refractivity contribution in [1.82, 2.24) is 10.6 Å². The van der Waals surface area contributed by atoms with Crippen molar-refractivity contribution in [3.8, 4) is 0 Å². The van der Waals surface area contributed by atoms with Gasteiger partial charge in [0.15, 0.2) is 0 Å². The van der Waals surface area contributed by atoms with Gasteiger partial charge in [-0.2, -0.15) is 0 Å². The number of halogens is 1. The molecule has 0 bridgehead atoms. The average Bonchev–Trinajstić information content (AvgIpc) is 3.36. The van der Waals surface area contributed by atoms with Crippen LogP contribution in [0.1, 0.15) is 37.8 Å². The van der Waals surface area contributed by atoms with Crippen molar-refractivity contribution in [1.29, 1.82) is 0 Å². The van der Waals surface area contributed by atoms with Crippen LogP contribution in [0, 0.1) is 17.8 Å². The van der Waals surface area contributed by atoms with E-state index >= 15 is 0 Å². The quantitative estimate of drug-likeness (QED) is 0.812. The van der Waals surface area contributed by atoms with E-state index in [-0.39, 0.29) is 11.9 Å². The van der Waals surface area contributed by atoms with Crippen LogP contribution in [0.5, 0.6) is 0 Å². The first kappa shape index (κ1) is 14.9. The van der Waals surface area contributed by atoms with Gasteiger partial charge in [0, 0.05) is 5.02 Å². The molecule has 1 aromatic carbocycles. The zero-order valence-corrected chi connectivity index (χ0v) is 13.2. The van der Waals surface area contributed by atoms with Gasteiger partial charge in [-0.15, -0.1) is 0 Å². The molecule has 0 spiro atoms. The molecule has 4 heteroatoms. The molecule has 1 aromatic rings. The summed E-state index contributed by atoms with van der Waals surface area (Å²) in [5.74, 6) is 2.13. The van der Waals surface area contributed by atoms with E-state index in [0.717, 1.165) is 23.0 Å². The standard InChI is InChI=1S/C17H23ClN2O/c1-11-8-15(11)17(13-4-6-14(18)7-5-13)20-16(21)10-19-9-12-2-3-12/h4-7,11-12,15,17,19H,2-3,8-10H2,1H3,(H,20,21). The molecule has 3 rings (SSSR count). The highest BCUT2D eigenvalue weighted by atomic mass is 35.5. The summed E-state index contributed by atoms with van der Waals surface area (Å²) in [7, 11) is 0. The Kier molecular flexibility index (Phi) is 4.51. The van der Waals surface area contributed by atoms with Gasteiger partial charge in [0.25, 0.3) is 0 Å². The zero-order valence-electron chi connectivity index (χ0n) is 12.4. The second kappa shape index (κ2) is 6.37. The molecule has 0 heterocycles. The Morgan fingerprint density at radius 2 is 2.00 bits per heavy atom. The molecule has 0 aliphatic heterocycles. The van der Waals surface area contributed by atoms with Gasteiger partial charge in [0.2, 0.25) is 5.91 Å². The van der Waals surface area contributed by atoms with E-state index in [1.807, 2.05) is 24.3 Å². The van der Waals surface area contributed by atoms with Crippen molar-refractivity contribution in [2.45, 2.75) is 32.2 Å². The van der Waals surface area contributed by atoms with Crippen LogP contribution in [0.25, 0.3) is 0 Å². The van der Waals surface area contributed by atoms with Crippen LogP contribution in [0.15, 0.2) is 24.3 Å². The molecule has 2 aliphatic rings. The van der Waals surface area contributed by atoms with Crippen molar-refractivity contribution in [2.24, 2.45) is 17.8 Å². The molecule has 2 N–H and O–H groups in total. The molecule has 0 aromatic heterocycles. The summed E-state index contributed by atoms with van der Waals surface area (Å²) in [6.07, 6.45) is 3.80. The van der Waals surface area contributed by atoms with Gasteiger partial charge in [-0.1, -0.05) is 30.7 Å². The Morgan fingerprint density at radius 1 is 1.33 bits per heavy atom. The maximum Gasteiger partial charge on any atom is 0.234 e. The van der Waals surface area contributed by atoms with Gasteiger partial charge < -0.3 is 10.6 Å². The minimum atomic E-state index is 0.0923. The largest absolute Gasteiger partial charge is 0.348 e. The summed E-state index contributed by atoms with van der Waals surface area (Å²) in [4.78, 5) is 12.1. The normalized spacial score (nSPS) is 25.4. The Balaban J connectivity index is 1.56. The SMILES string of the molecule is CC1CC1C(NC(=O)CNCC1CC1)c1ccc(Cl)cc1. The van der Waals surface area contributed by atoms with Crippen LogP contribution in [-0.4, -0.2) is 19.0 Å². The minimum absolute atomic E-state index is 0.0923. The summed E-state index contributed by atoms with van der Waals surface area (Å²) < 4.78 is 0. The Labute approximate surface area is 131 Å². The van der Waals surface area contributed by atoms with Gasteiger partial charge in [-0.3, -0.25) is 4.79 Å². The lowest BCUT2D eigenvalue weighted by Crippen LogP contribution is -2.37. The smallest absolute Gasteiger partial charge is 0.234 e. The maximum atomic E-state index is 12.1. The molecule has 3 nitrogen and oxygen atoms in total. The summed E-state index contributed by atoms with van der Waals surface area (Å²) in [6, 6.07) is 7.96. The predicted octanol–water partition coefficient (Wildman–Crippen LogP) is 3.15. The number of benzene rings is 1. The number of carbonyl (C=O) groups excluding carboxylic acids is 1. The van der Waals surface area contributed by atoms with E-state index < -0.39 is 0 Å². The third-order valence-corrected chi connectivity index (χ3v) is 4.81. The number of amides is 1. The molecule has 21 heavy (non-hydrogen) atoms. The molecule has 1 amide bonds. The molecular weight excluding hydrogens is 284 g/mol. The van der Waals surface area contributed by atoms with E-state index in [9.17, 15) is 4.79 Å². The molecule has 2 fully saturated rings. The number of nitrogens with one attached hydrogen (secondary N) is 2. The second-order valence-corrected chi connectivity index (χ2v) is 6.98. The Hall–Kier alpha value is -1.06. The van der Waals surface area contributed by atoms with Gasteiger partial charge >= 0.3 is 0 Å². The first-order valence-corrected chi connectivity index (χ1v) is 8.27. The highest BCUT2D eigenvalue weighted by Gasteiger charge is 2.40. The highest BCUT2D eigenvalue weighted by molar-refractivity contribution is 6.30. The average molecular weight is 307 g/mol. The van der Waals surface area contributed by atoms with Crippen LogP contribution in [0.3, 0.4) is 0 Å². The molecule has 2 saturated carbocycles. The van der Waals surface area contributed by atoms with Crippen molar-refractivity contribution >= 4 is 17.5 Å². The van der Waals surface area contributed by atoms with Crippen molar-refractivity contribution in [3.63, 3.8) is 0 Å². The monoisotopic (exact) mass is 306 g/mol. The van der Waals surface area contributed by atoms with E-state index in [2.05, 4.69) is 17.6 Å². The minimum Gasteiger partial charge on any atom is -0.348 e. The van der Waals surface area contributed by atoms with Crippen molar-refractivity contribution < 1.29 is 4.79 Å². The van der Waals surface area contributed by atoms with E-state index in [4.69, 9.17) is 11.6 Å². The number of carbonyl (C=O) groups is 1. The lowest BCUT2D eigenvalue weighted by molar-refractivity contribution is -0.121. The molecule has 0 saturated heterocycles. The molecule has 114 valence electrons. The fraction of sp³-hybridized carbons (Fsp3) is 0.588. The second-order valence-electron chi connectivity index (χ2n) is 6.55. The highest BCUT2D eigenvalue weighted by Crippen LogP contribution is 2.47. The lowest BCUT2D eigenvalue weighted by atomic mass is 10.0. The van der Waals surface area contributed by atoms with Crippen LogP contribution in [0.4, 0.5) is 0 Å². The fourth-order valence-electron chi connectivity index (χ4n) is 2.86. The van der Waals surface area contributed by atoms with Crippen LogP contribution in [0.2, 0.25) is 5.02 Å². The lowest BCUT2D eigenvalue weighted by Gasteiger charge is -2.20. The third-order valence-electron chi connectivity index (χ3n) is 4.56. The number of rotatable bonds is 7. The predicted molar refractivity (Wildman–Crippen MR) is 85.2 cm³/mol. The molecule has 0 radical (unpaired) electrons. The zero-order chi connectivity index (χ0) is 14.8. The van der Waals surface area contributed by atoms with Crippen LogP contribution >= 0.6 is 11.6 Å². The van der Waals surface area contributed by atoms with Crippen molar-refractivity contribution in [3.05, 3.63) is 34.9 Å². The topological polar surface area (TPSA) is 41.1 Å². The van der Waals surface area contributed by atoms with E-state index in [1.54, 1.807) is 0 Å². The van der Waals surface area contributed by atoms with Gasteiger partial charge in [0.05, 0.1) is 12.6 Å². The van der Waals surface area contributed by atoms with E-state index in [1.165, 1.54) is 19.3 Å².